The minimum atomic E-state index is 0.326. The monoisotopic (exact) mass is 408 g/mol. The minimum Gasteiger partial charge on any atom is -0.490 e. The Hall–Kier alpha value is -4.29. The molecule has 4 aromatic rings. The maximum Gasteiger partial charge on any atom is 0.212 e. The van der Waals surface area contributed by atoms with Crippen molar-refractivity contribution in [2.45, 2.75) is 13.5 Å². The standard InChI is InChI=1S/C25H20N4O2/c1-2-30-25-15-23(19-6-4-3-5-7-19)28-29(25)12-13-31-24-11-9-20-14-18(16-26)8-10-21(20)22(24)17-27/h3-11,14-15H,2,12-13H2,1H3. The van der Waals surface area contributed by atoms with Gasteiger partial charge in [-0.3, -0.25) is 0 Å². The van der Waals surface area contributed by atoms with Crippen LogP contribution in [0.1, 0.15) is 18.1 Å². The van der Waals surface area contributed by atoms with Crippen molar-refractivity contribution in [3.63, 3.8) is 0 Å². The van der Waals surface area contributed by atoms with Gasteiger partial charge in [0.25, 0.3) is 0 Å². The smallest absolute Gasteiger partial charge is 0.212 e. The fourth-order valence-corrected chi connectivity index (χ4v) is 3.43. The zero-order chi connectivity index (χ0) is 21.6. The van der Waals surface area contributed by atoms with Crippen LogP contribution in [0, 0.1) is 22.7 Å². The molecule has 0 spiro atoms. The van der Waals surface area contributed by atoms with Gasteiger partial charge in [-0.1, -0.05) is 42.5 Å². The Balaban J connectivity index is 1.54. The number of hydrogen-bond donors (Lipinski definition) is 0. The van der Waals surface area contributed by atoms with Crippen molar-refractivity contribution in [2.75, 3.05) is 13.2 Å². The number of ether oxygens (including phenoxy) is 2. The average Bonchev–Trinajstić information content (AvgIpc) is 3.22. The summed E-state index contributed by atoms with van der Waals surface area (Å²) in [6.45, 7) is 3.27. The van der Waals surface area contributed by atoms with Gasteiger partial charge in [0.05, 0.1) is 30.5 Å². The van der Waals surface area contributed by atoms with Gasteiger partial charge in [-0.15, -0.1) is 0 Å². The van der Waals surface area contributed by atoms with E-state index in [2.05, 4.69) is 17.2 Å². The molecule has 0 atom stereocenters. The fourth-order valence-electron chi connectivity index (χ4n) is 3.43. The molecule has 0 aliphatic carbocycles. The van der Waals surface area contributed by atoms with Gasteiger partial charge in [0.15, 0.2) is 0 Å². The highest BCUT2D eigenvalue weighted by Gasteiger charge is 2.12. The molecule has 0 saturated heterocycles. The number of hydrogen-bond acceptors (Lipinski definition) is 5. The van der Waals surface area contributed by atoms with E-state index in [1.165, 1.54) is 0 Å². The van der Waals surface area contributed by atoms with E-state index in [1.54, 1.807) is 28.9 Å². The van der Waals surface area contributed by atoms with Gasteiger partial charge in [0, 0.05) is 17.0 Å². The van der Waals surface area contributed by atoms with Crippen LogP contribution < -0.4 is 9.47 Å². The van der Waals surface area contributed by atoms with Crippen molar-refractivity contribution in [1.29, 1.82) is 10.5 Å². The van der Waals surface area contributed by atoms with E-state index in [0.717, 1.165) is 22.0 Å². The molecule has 0 N–H and O–H groups in total. The number of nitriles is 2. The highest BCUT2D eigenvalue weighted by molar-refractivity contribution is 5.91. The molecule has 1 heterocycles. The first-order valence-electron chi connectivity index (χ1n) is 9.99. The third kappa shape index (κ3) is 4.19. The summed E-state index contributed by atoms with van der Waals surface area (Å²) >= 11 is 0. The van der Waals surface area contributed by atoms with Crippen LogP contribution in [0.2, 0.25) is 0 Å². The first kappa shape index (κ1) is 20.0. The van der Waals surface area contributed by atoms with E-state index < -0.39 is 0 Å². The number of benzene rings is 3. The Bertz CT molecular complexity index is 1300. The van der Waals surface area contributed by atoms with Crippen LogP contribution >= 0.6 is 0 Å². The Kier molecular flexibility index (Phi) is 5.82. The molecule has 152 valence electrons. The lowest BCUT2D eigenvalue weighted by molar-refractivity contribution is 0.260. The van der Waals surface area contributed by atoms with Crippen molar-refractivity contribution in [1.82, 2.24) is 9.78 Å². The molecule has 0 aliphatic rings. The number of nitrogens with zero attached hydrogens (tertiary/aromatic N) is 4. The first-order valence-corrected chi connectivity index (χ1v) is 9.99. The van der Waals surface area contributed by atoms with Gasteiger partial charge in [-0.25, -0.2) is 4.68 Å². The van der Waals surface area contributed by atoms with Crippen molar-refractivity contribution in [3.05, 3.63) is 77.9 Å². The van der Waals surface area contributed by atoms with Gasteiger partial charge in [0.2, 0.25) is 5.88 Å². The fraction of sp³-hybridized carbons (Fsp3) is 0.160. The lowest BCUT2D eigenvalue weighted by atomic mass is 10.0. The van der Waals surface area contributed by atoms with Crippen LogP contribution in [0.25, 0.3) is 22.0 Å². The van der Waals surface area contributed by atoms with E-state index in [-0.39, 0.29) is 0 Å². The predicted molar refractivity (Wildman–Crippen MR) is 118 cm³/mol. The number of rotatable bonds is 7. The summed E-state index contributed by atoms with van der Waals surface area (Å²) in [6.07, 6.45) is 0. The third-order valence-electron chi connectivity index (χ3n) is 4.89. The van der Waals surface area contributed by atoms with Gasteiger partial charge in [-0.2, -0.15) is 15.6 Å². The van der Waals surface area contributed by atoms with E-state index in [0.29, 0.717) is 42.5 Å². The first-order chi connectivity index (χ1) is 15.2. The Labute approximate surface area is 180 Å². The summed E-state index contributed by atoms with van der Waals surface area (Å²) in [7, 11) is 0. The summed E-state index contributed by atoms with van der Waals surface area (Å²) in [4.78, 5) is 0. The van der Waals surface area contributed by atoms with Gasteiger partial charge in [0.1, 0.15) is 24.0 Å². The molecule has 6 nitrogen and oxygen atoms in total. The predicted octanol–water partition coefficient (Wildman–Crippen LogP) is 4.92. The van der Waals surface area contributed by atoms with E-state index >= 15 is 0 Å². The number of fused-ring (bicyclic) bond motifs is 1. The zero-order valence-electron chi connectivity index (χ0n) is 17.1. The van der Waals surface area contributed by atoms with Gasteiger partial charge >= 0.3 is 0 Å². The summed E-state index contributed by atoms with van der Waals surface area (Å²) in [6, 6.07) is 25.1. The maximum atomic E-state index is 9.67. The van der Waals surface area contributed by atoms with Crippen LogP contribution in [0.15, 0.2) is 66.7 Å². The van der Waals surface area contributed by atoms with Crippen molar-refractivity contribution in [2.24, 2.45) is 0 Å². The summed E-state index contributed by atoms with van der Waals surface area (Å²) in [5.74, 6) is 1.18. The van der Waals surface area contributed by atoms with Crippen LogP contribution in [0.3, 0.4) is 0 Å². The molecule has 3 aromatic carbocycles. The third-order valence-corrected chi connectivity index (χ3v) is 4.89. The molecule has 0 saturated carbocycles. The molecule has 6 heteroatoms. The molecule has 31 heavy (non-hydrogen) atoms. The summed E-state index contributed by atoms with van der Waals surface area (Å²) < 4.78 is 13.4. The second-order valence-corrected chi connectivity index (χ2v) is 6.84. The highest BCUT2D eigenvalue weighted by atomic mass is 16.5. The second-order valence-electron chi connectivity index (χ2n) is 6.84. The molecule has 4 rings (SSSR count). The van der Waals surface area contributed by atoms with Gasteiger partial charge in [-0.05, 0) is 30.5 Å². The SMILES string of the molecule is CCOc1cc(-c2ccccc2)nn1CCOc1ccc2cc(C#N)ccc2c1C#N. The van der Waals surface area contributed by atoms with E-state index in [1.807, 2.05) is 49.4 Å². The van der Waals surface area contributed by atoms with Crippen molar-refractivity contribution < 1.29 is 9.47 Å². The highest BCUT2D eigenvalue weighted by Crippen LogP contribution is 2.29. The molecule has 0 radical (unpaired) electrons. The number of aromatic nitrogens is 2. The molecule has 0 amide bonds. The molecular formula is C25H20N4O2. The van der Waals surface area contributed by atoms with Crippen molar-refractivity contribution in [3.8, 4) is 35.0 Å². The largest absolute Gasteiger partial charge is 0.490 e. The molecule has 0 aliphatic heterocycles. The summed E-state index contributed by atoms with van der Waals surface area (Å²) in [5, 5.41) is 25.0. The van der Waals surface area contributed by atoms with Gasteiger partial charge < -0.3 is 9.47 Å². The summed E-state index contributed by atoms with van der Waals surface area (Å²) in [5.41, 5.74) is 2.86. The molecule has 0 bridgehead atoms. The van der Waals surface area contributed by atoms with Crippen LogP contribution in [-0.4, -0.2) is 23.0 Å². The molecule has 0 fully saturated rings. The Morgan fingerprint density at radius 2 is 1.77 bits per heavy atom. The zero-order valence-corrected chi connectivity index (χ0v) is 17.1. The Morgan fingerprint density at radius 3 is 2.52 bits per heavy atom. The Morgan fingerprint density at radius 1 is 0.935 bits per heavy atom. The van der Waals surface area contributed by atoms with E-state index in [4.69, 9.17) is 14.7 Å². The average molecular weight is 408 g/mol. The van der Waals surface area contributed by atoms with Crippen LogP contribution in [0.5, 0.6) is 11.6 Å². The second kappa shape index (κ2) is 9.02. The molecule has 0 unspecified atom stereocenters. The normalized spacial score (nSPS) is 10.4. The minimum absolute atomic E-state index is 0.326. The molecule has 1 aromatic heterocycles. The molecular weight excluding hydrogens is 388 g/mol. The topological polar surface area (TPSA) is 83.9 Å². The van der Waals surface area contributed by atoms with E-state index in [9.17, 15) is 5.26 Å². The maximum absolute atomic E-state index is 9.67. The lowest BCUT2D eigenvalue weighted by Crippen LogP contribution is -2.12. The quantitative estimate of drug-likeness (QED) is 0.433. The van der Waals surface area contributed by atoms with Crippen LogP contribution in [-0.2, 0) is 6.54 Å². The lowest BCUT2D eigenvalue weighted by Gasteiger charge is -2.11. The van der Waals surface area contributed by atoms with Crippen LogP contribution in [0.4, 0.5) is 0 Å². The van der Waals surface area contributed by atoms with Crippen molar-refractivity contribution >= 4 is 10.8 Å².